The second kappa shape index (κ2) is 5.40. The molecule has 1 heterocycles. The van der Waals surface area contributed by atoms with E-state index in [4.69, 9.17) is 5.84 Å². The van der Waals surface area contributed by atoms with Crippen molar-refractivity contribution in [3.8, 4) is 10.6 Å². The van der Waals surface area contributed by atoms with Gasteiger partial charge < -0.3 is 0 Å². The Balaban J connectivity index is 1.97. The van der Waals surface area contributed by atoms with Gasteiger partial charge in [0.1, 0.15) is 5.01 Å². The van der Waals surface area contributed by atoms with Crippen molar-refractivity contribution in [1.82, 2.24) is 10.4 Å². The summed E-state index contributed by atoms with van der Waals surface area (Å²) in [6, 6.07) is 15.9. The standard InChI is InChI=1S/C15H13N3OS/c16-18-14(19)9-10-4-3-5-11(8-10)15-17-12-6-1-2-7-13(12)20-15/h1-8H,9,16H2,(H,18,19). The molecule has 100 valence electrons. The van der Waals surface area contributed by atoms with E-state index in [-0.39, 0.29) is 12.3 Å². The third-order valence-electron chi connectivity index (χ3n) is 2.99. The number of aromatic nitrogens is 1. The van der Waals surface area contributed by atoms with E-state index in [2.05, 4.69) is 16.5 Å². The van der Waals surface area contributed by atoms with Crippen LogP contribution in [0.15, 0.2) is 48.5 Å². The summed E-state index contributed by atoms with van der Waals surface area (Å²) in [4.78, 5) is 15.9. The van der Waals surface area contributed by atoms with Gasteiger partial charge in [-0.2, -0.15) is 0 Å². The summed E-state index contributed by atoms with van der Waals surface area (Å²) in [5.41, 5.74) is 5.08. The fourth-order valence-electron chi connectivity index (χ4n) is 2.05. The Labute approximate surface area is 120 Å². The van der Waals surface area contributed by atoms with Gasteiger partial charge in [-0.25, -0.2) is 10.8 Å². The smallest absolute Gasteiger partial charge is 0.238 e. The molecule has 5 heteroatoms. The molecule has 4 nitrogen and oxygen atoms in total. The third-order valence-corrected chi connectivity index (χ3v) is 4.08. The molecular weight excluding hydrogens is 270 g/mol. The molecule has 0 saturated heterocycles. The van der Waals surface area contributed by atoms with Gasteiger partial charge in [0.05, 0.1) is 16.6 Å². The second-order valence-corrected chi connectivity index (χ2v) is 5.46. The Morgan fingerprint density at radius 3 is 2.85 bits per heavy atom. The molecular formula is C15H13N3OS. The SMILES string of the molecule is NNC(=O)Cc1cccc(-c2nc3ccccc3s2)c1. The summed E-state index contributed by atoms with van der Waals surface area (Å²) >= 11 is 1.65. The first-order valence-corrected chi connectivity index (χ1v) is 7.02. The van der Waals surface area contributed by atoms with E-state index in [0.29, 0.717) is 0 Å². The number of amides is 1. The highest BCUT2D eigenvalue weighted by Gasteiger charge is 2.07. The van der Waals surface area contributed by atoms with Gasteiger partial charge in [-0.05, 0) is 23.8 Å². The van der Waals surface area contributed by atoms with Crippen LogP contribution in [0.4, 0.5) is 0 Å². The molecule has 0 aliphatic carbocycles. The summed E-state index contributed by atoms with van der Waals surface area (Å²) < 4.78 is 1.16. The second-order valence-electron chi connectivity index (χ2n) is 4.43. The molecule has 0 saturated carbocycles. The first kappa shape index (κ1) is 12.8. The monoisotopic (exact) mass is 283 g/mol. The lowest BCUT2D eigenvalue weighted by molar-refractivity contribution is -0.120. The fourth-order valence-corrected chi connectivity index (χ4v) is 3.01. The molecule has 2 aromatic carbocycles. The average molecular weight is 283 g/mol. The Morgan fingerprint density at radius 1 is 1.20 bits per heavy atom. The van der Waals surface area contributed by atoms with Crippen LogP contribution in [0, 0.1) is 0 Å². The zero-order chi connectivity index (χ0) is 13.9. The quantitative estimate of drug-likeness (QED) is 0.441. The summed E-state index contributed by atoms with van der Waals surface area (Å²) in [6.45, 7) is 0. The van der Waals surface area contributed by atoms with E-state index in [1.54, 1.807) is 11.3 Å². The van der Waals surface area contributed by atoms with Crippen LogP contribution in [0.2, 0.25) is 0 Å². The molecule has 0 fully saturated rings. The van der Waals surface area contributed by atoms with Crippen LogP contribution in [0.25, 0.3) is 20.8 Å². The van der Waals surface area contributed by atoms with Gasteiger partial charge in [0.25, 0.3) is 0 Å². The van der Waals surface area contributed by atoms with Crippen molar-refractivity contribution in [1.29, 1.82) is 0 Å². The highest BCUT2D eigenvalue weighted by atomic mass is 32.1. The van der Waals surface area contributed by atoms with Crippen molar-refractivity contribution in [2.45, 2.75) is 6.42 Å². The number of hydrazine groups is 1. The molecule has 0 aliphatic heterocycles. The normalized spacial score (nSPS) is 10.7. The van der Waals surface area contributed by atoms with E-state index in [1.807, 2.05) is 42.5 Å². The molecule has 20 heavy (non-hydrogen) atoms. The highest BCUT2D eigenvalue weighted by molar-refractivity contribution is 7.21. The molecule has 1 amide bonds. The molecule has 0 spiro atoms. The number of nitrogens with one attached hydrogen (secondary N) is 1. The minimum Gasteiger partial charge on any atom is -0.294 e. The van der Waals surface area contributed by atoms with Gasteiger partial charge >= 0.3 is 0 Å². The number of benzene rings is 2. The topological polar surface area (TPSA) is 68.0 Å². The lowest BCUT2D eigenvalue weighted by Crippen LogP contribution is -2.31. The van der Waals surface area contributed by atoms with Crippen LogP contribution in [0.1, 0.15) is 5.56 Å². The maximum absolute atomic E-state index is 11.3. The van der Waals surface area contributed by atoms with Crippen LogP contribution in [-0.4, -0.2) is 10.9 Å². The number of para-hydroxylation sites is 1. The van der Waals surface area contributed by atoms with Crippen LogP contribution in [0.5, 0.6) is 0 Å². The van der Waals surface area contributed by atoms with Gasteiger partial charge in [0, 0.05) is 5.56 Å². The van der Waals surface area contributed by atoms with Crippen LogP contribution < -0.4 is 11.3 Å². The third kappa shape index (κ3) is 2.54. The number of thiazole rings is 1. The van der Waals surface area contributed by atoms with E-state index < -0.39 is 0 Å². The summed E-state index contributed by atoms with van der Waals surface area (Å²) in [7, 11) is 0. The zero-order valence-electron chi connectivity index (χ0n) is 10.7. The van der Waals surface area contributed by atoms with Gasteiger partial charge in [0.2, 0.25) is 5.91 Å². The van der Waals surface area contributed by atoms with Gasteiger partial charge in [-0.3, -0.25) is 10.2 Å². The maximum atomic E-state index is 11.3. The van der Waals surface area contributed by atoms with Crippen LogP contribution >= 0.6 is 11.3 Å². The van der Waals surface area contributed by atoms with Crippen molar-refractivity contribution in [2.24, 2.45) is 5.84 Å². The summed E-state index contributed by atoms with van der Waals surface area (Å²) in [6.07, 6.45) is 0.273. The Kier molecular flexibility index (Phi) is 3.45. The molecule has 3 aromatic rings. The van der Waals surface area contributed by atoms with Crippen molar-refractivity contribution in [3.05, 3.63) is 54.1 Å². The van der Waals surface area contributed by atoms with Gasteiger partial charge in [0.15, 0.2) is 0 Å². The molecule has 0 aliphatic rings. The van der Waals surface area contributed by atoms with Crippen molar-refractivity contribution < 1.29 is 4.79 Å². The summed E-state index contributed by atoms with van der Waals surface area (Å²) in [5, 5.41) is 0.959. The number of hydrogen-bond acceptors (Lipinski definition) is 4. The number of fused-ring (bicyclic) bond motifs is 1. The number of carbonyl (C=O) groups excluding carboxylic acids is 1. The lowest BCUT2D eigenvalue weighted by atomic mass is 10.1. The molecule has 0 bridgehead atoms. The Hall–Kier alpha value is -2.24. The van der Waals surface area contributed by atoms with Gasteiger partial charge in [-0.15, -0.1) is 11.3 Å². The lowest BCUT2D eigenvalue weighted by Gasteiger charge is -2.02. The predicted octanol–water partition coefficient (Wildman–Crippen LogP) is 2.50. The fraction of sp³-hybridized carbons (Fsp3) is 0.0667. The highest BCUT2D eigenvalue weighted by Crippen LogP contribution is 2.30. The van der Waals surface area contributed by atoms with Crippen molar-refractivity contribution >= 4 is 27.5 Å². The van der Waals surface area contributed by atoms with E-state index in [9.17, 15) is 4.79 Å². The van der Waals surface area contributed by atoms with Gasteiger partial charge in [-0.1, -0.05) is 30.3 Å². The van der Waals surface area contributed by atoms with E-state index in [0.717, 1.165) is 26.4 Å². The minimum atomic E-state index is -0.202. The number of nitrogens with zero attached hydrogens (tertiary/aromatic N) is 1. The Morgan fingerprint density at radius 2 is 2.05 bits per heavy atom. The number of rotatable bonds is 3. The number of hydrogen-bond donors (Lipinski definition) is 2. The first-order chi connectivity index (χ1) is 9.76. The molecule has 0 unspecified atom stereocenters. The molecule has 0 radical (unpaired) electrons. The number of nitrogens with two attached hydrogens (primary N) is 1. The molecule has 3 rings (SSSR count). The minimum absolute atomic E-state index is 0.202. The maximum Gasteiger partial charge on any atom is 0.238 e. The largest absolute Gasteiger partial charge is 0.294 e. The van der Waals surface area contributed by atoms with Crippen LogP contribution in [0.3, 0.4) is 0 Å². The van der Waals surface area contributed by atoms with Crippen LogP contribution in [-0.2, 0) is 11.2 Å². The van der Waals surface area contributed by atoms with Crippen molar-refractivity contribution in [2.75, 3.05) is 0 Å². The zero-order valence-corrected chi connectivity index (χ0v) is 11.5. The first-order valence-electron chi connectivity index (χ1n) is 6.20. The predicted molar refractivity (Wildman–Crippen MR) is 81.1 cm³/mol. The van der Waals surface area contributed by atoms with E-state index in [1.165, 1.54) is 0 Å². The van der Waals surface area contributed by atoms with E-state index >= 15 is 0 Å². The number of carbonyl (C=O) groups is 1. The van der Waals surface area contributed by atoms with Crippen molar-refractivity contribution in [3.63, 3.8) is 0 Å². The molecule has 1 aromatic heterocycles. The Bertz CT molecular complexity index is 733. The molecule has 3 N–H and O–H groups in total. The summed E-state index contributed by atoms with van der Waals surface area (Å²) in [5.74, 6) is 4.91. The molecule has 0 atom stereocenters. The average Bonchev–Trinajstić information content (AvgIpc) is 2.91.